The molecule has 0 bridgehead atoms. The molecule has 0 spiro atoms. The van der Waals surface area contributed by atoms with Crippen LogP contribution in [0.15, 0.2) is 18.2 Å². The standard InChI is InChI=1S/C9H13N2O2P/c1-14(2,13)6-3-4-8(10)7(5-6)9(11)12/h3-5H,10H2,1-2H3,(H2,11,12). The van der Waals surface area contributed by atoms with E-state index in [-0.39, 0.29) is 5.56 Å². The number of primary amides is 1. The van der Waals surface area contributed by atoms with E-state index in [0.717, 1.165) is 0 Å². The van der Waals surface area contributed by atoms with Gasteiger partial charge in [0.1, 0.15) is 7.14 Å². The maximum Gasteiger partial charge on any atom is 0.250 e. The highest BCUT2D eigenvalue weighted by Gasteiger charge is 2.14. The fourth-order valence-corrected chi connectivity index (χ4v) is 1.97. The van der Waals surface area contributed by atoms with E-state index in [9.17, 15) is 9.36 Å². The Morgan fingerprint density at radius 3 is 2.36 bits per heavy atom. The second kappa shape index (κ2) is 3.46. The number of anilines is 1. The van der Waals surface area contributed by atoms with Gasteiger partial charge >= 0.3 is 0 Å². The van der Waals surface area contributed by atoms with Crippen molar-refractivity contribution in [3.63, 3.8) is 0 Å². The van der Waals surface area contributed by atoms with E-state index in [4.69, 9.17) is 11.5 Å². The first-order valence-electron chi connectivity index (χ1n) is 4.07. The number of carbonyl (C=O) groups is 1. The van der Waals surface area contributed by atoms with Crippen LogP contribution in [0.5, 0.6) is 0 Å². The van der Waals surface area contributed by atoms with Crippen LogP contribution in [0.3, 0.4) is 0 Å². The zero-order chi connectivity index (χ0) is 10.9. The Balaban J connectivity index is 3.34. The SMILES string of the molecule is CP(C)(=O)c1ccc(N)c(C(N)=O)c1. The van der Waals surface area contributed by atoms with E-state index < -0.39 is 13.0 Å². The molecule has 5 heteroatoms. The minimum absolute atomic E-state index is 0.228. The molecule has 0 unspecified atom stereocenters. The molecule has 0 fully saturated rings. The van der Waals surface area contributed by atoms with E-state index in [2.05, 4.69) is 0 Å². The fraction of sp³-hybridized carbons (Fsp3) is 0.222. The van der Waals surface area contributed by atoms with Crippen molar-refractivity contribution in [3.8, 4) is 0 Å². The molecule has 0 aromatic heterocycles. The van der Waals surface area contributed by atoms with Gasteiger partial charge in [0, 0.05) is 11.0 Å². The summed E-state index contributed by atoms with van der Waals surface area (Å²) in [6.45, 7) is 3.26. The van der Waals surface area contributed by atoms with Crippen LogP contribution >= 0.6 is 7.14 Å². The number of benzene rings is 1. The maximum atomic E-state index is 11.7. The van der Waals surface area contributed by atoms with Crippen molar-refractivity contribution in [2.75, 3.05) is 19.1 Å². The summed E-state index contributed by atoms with van der Waals surface area (Å²) >= 11 is 0. The second-order valence-electron chi connectivity index (χ2n) is 3.49. The molecule has 4 nitrogen and oxygen atoms in total. The lowest BCUT2D eigenvalue weighted by molar-refractivity contribution is 0.100. The van der Waals surface area contributed by atoms with Crippen molar-refractivity contribution in [1.82, 2.24) is 0 Å². The lowest BCUT2D eigenvalue weighted by atomic mass is 10.2. The molecule has 1 aromatic rings. The van der Waals surface area contributed by atoms with Gasteiger partial charge in [-0.1, -0.05) is 0 Å². The van der Waals surface area contributed by atoms with Gasteiger partial charge in [-0.3, -0.25) is 4.79 Å². The Morgan fingerprint density at radius 1 is 1.36 bits per heavy atom. The molecule has 0 aliphatic heterocycles. The Bertz CT molecular complexity index is 423. The van der Waals surface area contributed by atoms with Crippen LogP contribution in [0.4, 0.5) is 5.69 Å². The molecule has 0 heterocycles. The third-order valence-corrected chi connectivity index (χ3v) is 3.45. The average Bonchev–Trinajstić information content (AvgIpc) is 2.02. The van der Waals surface area contributed by atoms with Gasteiger partial charge in [0.15, 0.2) is 0 Å². The number of rotatable bonds is 2. The molecule has 0 atom stereocenters. The lowest BCUT2D eigenvalue weighted by Gasteiger charge is -2.09. The van der Waals surface area contributed by atoms with E-state index in [1.165, 1.54) is 6.07 Å². The first kappa shape index (κ1) is 10.8. The molecular weight excluding hydrogens is 199 g/mol. The summed E-state index contributed by atoms with van der Waals surface area (Å²) in [6, 6.07) is 4.70. The highest BCUT2D eigenvalue weighted by atomic mass is 31.2. The van der Waals surface area contributed by atoms with Gasteiger partial charge in [-0.2, -0.15) is 0 Å². The molecule has 0 radical (unpaired) electrons. The van der Waals surface area contributed by atoms with Crippen LogP contribution in [0, 0.1) is 0 Å². The average molecular weight is 212 g/mol. The molecule has 4 N–H and O–H groups in total. The summed E-state index contributed by atoms with van der Waals surface area (Å²) in [5.74, 6) is -0.599. The quantitative estimate of drug-likeness (QED) is 0.556. The maximum absolute atomic E-state index is 11.7. The van der Waals surface area contributed by atoms with Gasteiger partial charge < -0.3 is 16.0 Å². The van der Waals surface area contributed by atoms with Crippen LogP contribution < -0.4 is 16.8 Å². The third-order valence-electron chi connectivity index (χ3n) is 1.92. The summed E-state index contributed by atoms with van der Waals surface area (Å²) in [6.07, 6.45) is 0. The number of hydrogen-bond acceptors (Lipinski definition) is 3. The van der Waals surface area contributed by atoms with Crippen molar-refractivity contribution in [2.24, 2.45) is 5.73 Å². The zero-order valence-corrected chi connectivity index (χ0v) is 9.04. The molecule has 0 saturated heterocycles. The van der Waals surface area contributed by atoms with Crippen molar-refractivity contribution >= 4 is 24.0 Å². The lowest BCUT2D eigenvalue weighted by Crippen LogP contribution is -2.16. The number of hydrogen-bond donors (Lipinski definition) is 2. The molecule has 76 valence electrons. The second-order valence-corrected chi connectivity index (χ2v) is 6.70. The zero-order valence-electron chi connectivity index (χ0n) is 8.15. The van der Waals surface area contributed by atoms with E-state index in [1.54, 1.807) is 25.5 Å². The van der Waals surface area contributed by atoms with Gasteiger partial charge in [-0.25, -0.2) is 0 Å². The summed E-state index contributed by atoms with van der Waals surface area (Å²) in [5, 5.41) is 0.612. The van der Waals surface area contributed by atoms with Crippen molar-refractivity contribution in [2.45, 2.75) is 0 Å². The van der Waals surface area contributed by atoms with Crippen LogP contribution in [0.2, 0.25) is 0 Å². The Morgan fingerprint density at radius 2 is 1.93 bits per heavy atom. The Labute approximate surface area is 82.7 Å². The number of nitrogen functional groups attached to an aromatic ring is 1. The van der Waals surface area contributed by atoms with E-state index in [0.29, 0.717) is 11.0 Å². The van der Waals surface area contributed by atoms with Gasteiger partial charge in [-0.15, -0.1) is 0 Å². The van der Waals surface area contributed by atoms with Gasteiger partial charge in [0.05, 0.1) is 5.56 Å². The topological polar surface area (TPSA) is 86.2 Å². The molecule has 0 saturated carbocycles. The molecule has 14 heavy (non-hydrogen) atoms. The van der Waals surface area contributed by atoms with Gasteiger partial charge in [0.25, 0.3) is 5.91 Å². The van der Waals surface area contributed by atoms with E-state index >= 15 is 0 Å². The Hall–Kier alpha value is -1.28. The van der Waals surface area contributed by atoms with Crippen LogP contribution in [0.1, 0.15) is 10.4 Å². The summed E-state index contributed by atoms with van der Waals surface area (Å²) in [4.78, 5) is 11.0. The minimum Gasteiger partial charge on any atom is -0.398 e. The molecule has 0 aliphatic carbocycles. The predicted molar refractivity (Wildman–Crippen MR) is 58.5 cm³/mol. The highest BCUT2D eigenvalue weighted by molar-refractivity contribution is 7.70. The molecular formula is C9H13N2O2P. The summed E-state index contributed by atoms with van der Waals surface area (Å²) in [5.41, 5.74) is 11.2. The van der Waals surface area contributed by atoms with Crippen molar-refractivity contribution in [3.05, 3.63) is 23.8 Å². The number of carbonyl (C=O) groups excluding carboxylic acids is 1. The first-order chi connectivity index (χ1) is 6.32. The van der Waals surface area contributed by atoms with E-state index in [1.807, 2.05) is 0 Å². The highest BCUT2D eigenvalue weighted by Crippen LogP contribution is 2.35. The number of nitrogens with two attached hydrogens (primary N) is 2. The molecule has 1 rings (SSSR count). The molecule has 1 aromatic carbocycles. The predicted octanol–water partition coefficient (Wildman–Crippen LogP) is 0.616. The monoisotopic (exact) mass is 212 g/mol. The van der Waals surface area contributed by atoms with Gasteiger partial charge in [0.2, 0.25) is 0 Å². The third kappa shape index (κ3) is 2.15. The molecule has 0 aliphatic rings. The smallest absolute Gasteiger partial charge is 0.250 e. The summed E-state index contributed by atoms with van der Waals surface area (Å²) in [7, 11) is -2.37. The Kier molecular flexibility index (Phi) is 2.67. The number of amides is 1. The summed E-state index contributed by atoms with van der Waals surface area (Å²) < 4.78 is 11.7. The molecule has 1 amide bonds. The normalized spacial score (nSPS) is 11.3. The van der Waals surface area contributed by atoms with Crippen LogP contribution in [-0.4, -0.2) is 19.2 Å². The first-order valence-corrected chi connectivity index (χ1v) is 6.67. The fourth-order valence-electron chi connectivity index (χ4n) is 1.09. The largest absolute Gasteiger partial charge is 0.398 e. The minimum atomic E-state index is -2.37. The van der Waals surface area contributed by atoms with Gasteiger partial charge in [-0.05, 0) is 31.5 Å². The van der Waals surface area contributed by atoms with Crippen LogP contribution in [0.25, 0.3) is 0 Å². The van der Waals surface area contributed by atoms with Crippen LogP contribution in [-0.2, 0) is 4.57 Å². The van der Waals surface area contributed by atoms with Crippen molar-refractivity contribution < 1.29 is 9.36 Å². The van der Waals surface area contributed by atoms with Crippen molar-refractivity contribution in [1.29, 1.82) is 0 Å².